The minimum Gasteiger partial charge on any atom is -0.467 e. The molecule has 0 aliphatic carbocycles. The van der Waals surface area contributed by atoms with Gasteiger partial charge >= 0.3 is 12.1 Å². The second-order valence-electron chi connectivity index (χ2n) is 3.91. The summed E-state index contributed by atoms with van der Waals surface area (Å²) >= 11 is 0. The molecule has 102 valence electrons. The fourth-order valence-electron chi connectivity index (χ4n) is 1.81. The molecule has 0 saturated heterocycles. The van der Waals surface area contributed by atoms with Crippen LogP contribution in [0.1, 0.15) is 17.4 Å². The molecule has 0 aliphatic rings. The van der Waals surface area contributed by atoms with Gasteiger partial charge in [0.1, 0.15) is 0 Å². The van der Waals surface area contributed by atoms with Crippen molar-refractivity contribution in [2.75, 3.05) is 7.11 Å². The van der Waals surface area contributed by atoms with Crippen molar-refractivity contribution in [1.29, 1.82) is 0 Å². The Labute approximate surface area is 105 Å². The predicted octanol–water partition coefficient (Wildman–Crippen LogP) is 2.39. The summed E-state index contributed by atoms with van der Waals surface area (Å²) in [5.74, 6) is -0.944. The van der Waals surface area contributed by atoms with Crippen molar-refractivity contribution in [2.45, 2.75) is 12.3 Å². The summed E-state index contributed by atoms with van der Waals surface area (Å²) in [6.45, 7) is 0. The largest absolute Gasteiger partial charge is 0.467 e. The number of ether oxygens (including phenoxy) is 1. The topological polar surface area (TPSA) is 62.3 Å². The fraction of sp³-hybridized carbons (Fsp3) is 0.250. The molecule has 2 N–H and O–H groups in total. The molecule has 1 aromatic carbocycles. The van der Waals surface area contributed by atoms with Crippen molar-refractivity contribution in [3.05, 3.63) is 35.5 Å². The first-order valence-electron chi connectivity index (χ1n) is 5.29. The van der Waals surface area contributed by atoms with Gasteiger partial charge in [0.25, 0.3) is 0 Å². The van der Waals surface area contributed by atoms with Gasteiger partial charge in [-0.1, -0.05) is 6.07 Å². The zero-order chi connectivity index (χ0) is 14.2. The third-order valence-corrected chi connectivity index (χ3v) is 2.71. The number of hydrogen-bond donors (Lipinski definition) is 2. The average molecular weight is 273 g/mol. The number of fused-ring (bicyclic) bond motifs is 1. The normalized spacial score (nSPS) is 13.5. The number of aliphatic hydroxyl groups excluding tert-OH is 1. The number of rotatable bonds is 2. The number of alkyl halides is 3. The summed E-state index contributed by atoms with van der Waals surface area (Å²) in [5, 5.41) is 9.49. The van der Waals surface area contributed by atoms with Gasteiger partial charge in [-0.3, -0.25) is 0 Å². The molecule has 7 heteroatoms. The number of aromatic amines is 1. The Balaban J connectivity index is 2.55. The van der Waals surface area contributed by atoms with Gasteiger partial charge in [-0.25, -0.2) is 4.79 Å². The predicted molar refractivity (Wildman–Crippen MR) is 60.3 cm³/mol. The van der Waals surface area contributed by atoms with E-state index in [2.05, 4.69) is 9.72 Å². The summed E-state index contributed by atoms with van der Waals surface area (Å²) in [4.78, 5) is 13.7. The van der Waals surface area contributed by atoms with Crippen LogP contribution in [0.2, 0.25) is 0 Å². The minimum atomic E-state index is -4.50. The Morgan fingerprint density at radius 2 is 2.11 bits per heavy atom. The number of aromatic nitrogens is 1. The fourth-order valence-corrected chi connectivity index (χ4v) is 1.81. The van der Waals surface area contributed by atoms with E-state index in [4.69, 9.17) is 0 Å². The van der Waals surface area contributed by atoms with E-state index < -0.39 is 23.8 Å². The van der Waals surface area contributed by atoms with Crippen LogP contribution in [0.5, 0.6) is 0 Å². The van der Waals surface area contributed by atoms with Crippen LogP contribution in [0.3, 0.4) is 0 Å². The number of carbonyl (C=O) groups excluding carboxylic acids is 1. The summed E-state index contributed by atoms with van der Waals surface area (Å²) in [6, 6.07) is 4.71. The monoisotopic (exact) mass is 273 g/mol. The van der Waals surface area contributed by atoms with Crippen LogP contribution in [0.15, 0.2) is 24.3 Å². The van der Waals surface area contributed by atoms with E-state index in [-0.39, 0.29) is 16.6 Å². The number of benzene rings is 1. The number of halogens is 3. The molecule has 2 rings (SSSR count). The molecule has 0 fully saturated rings. The second-order valence-corrected chi connectivity index (χ2v) is 3.91. The first-order valence-corrected chi connectivity index (χ1v) is 5.29. The standard InChI is InChI=1S/C12H10F3NO3/c1-19-11(18)10(17)9-5-6-7(12(13,14)15)3-2-4-8(6)16-9/h2-5,10,16-17H,1H3. The zero-order valence-electron chi connectivity index (χ0n) is 9.78. The van der Waals surface area contributed by atoms with Crippen LogP contribution in [0, 0.1) is 0 Å². The Morgan fingerprint density at radius 3 is 2.68 bits per heavy atom. The van der Waals surface area contributed by atoms with Crippen LogP contribution in [0.4, 0.5) is 13.2 Å². The molecule has 0 bridgehead atoms. The van der Waals surface area contributed by atoms with Crippen molar-refractivity contribution in [1.82, 2.24) is 4.98 Å². The second kappa shape index (κ2) is 4.58. The number of carbonyl (C=O) groups is 1. The van der Waals surface area contributed by atoms with Crippen LogP contribution >= 0.6 is 0 Å². The van der Waals surface area contributed by atoms with Gasteiger partial charge in [-0.2, -0.15) is 13.2 Å². The molecule has 0 aliphatic heterocycles. The maximum Gasteiger partial charge on any atom is 0.417 e. The first kappa shape index (κ1) is 13.4. The maximum absolute atomic E-state index is 12.8. The van der Waals surface area contributed by atoms with Gasteiger partial charge in [-0.05, 0) is 18.2 Å². The number of esters is 1. The van der Waals surface area contributed by atoms with Crippen molar-refractivity contribution < 1.29 is 27.8 Å². The highest BCUT2D eigenvalue weighted by molar-refractivity contribution is 5.86. The molecule has 0 radical (unpaired) electrons. The maximum atomic E-state index is 12.8. The van der Waals surface area contributed by atoms with Gasteiger partial charge in [0.15, 0.2) is 6.10 Å². The summed E-state index contributed by atoms with van der Waals surface area (Å²) < 4.78 is 42.7. The molecule has 1 aromatic heterocycles. The molecule has 2 aromatic rings. The highest BCUT2D eigenvalue weighted by Gasteiger charge is 2.33. The van der Waals surface area contributed by atoms with Crippen LogP contribution in [-0.4, -0.2) is 23.2 Å². The van der Waals surface area contributed by atoms with Crippen LogP contribution < -0.4 is 0 Å². The summed E-state index contributed by atoms with van der Waals surface area (Å²) in [5.41, 5.74) is -0.684. The number of H-pyrrole nitrogens is 1. The Bertz CT molecular complexity index is 618. The van der Waals surface area contributed by atoms with E-state index in [0.29, 0.717) is 0 Å². The summed E-state index contributed by atoms with van der Waals surface area (Å²) in [6.07, 6.45) is -6.15. The summed E-state index contributed by atoms with van der Waals surface area (Å²) in [7, 11) is 1.08. The molecule has 0 saturated carbocycles. The molecular weight excluding hydrogens is 263 g/mol. The lowest BCUT2D eigenvalue weighted by Crippen LogP contribution is -2.13. The Hall–Kier alpha value is -2.02. The van der Waals surface area contributed by atoms with Crippen molar-refractivity contribution in [3.8, 4) is 0 Å². The van der Waals surface area contributed by atoms with E-state index in [0.717, 1.165) is 19.2 Å². The quantitative estimate of drug-likeness (QED) is 0.826. The number of hydrogen-bond acceptors (Lipinski definition) is 3. The van der Waals surface area contributed by atoms with Gasteiger partial charge in [0.2, 0.25) is 0 Å². The molecule has 0 spiro atoms. The number of nitrogens with one attached hydrogen (secondary N) is 1. The Morgan fingerprint density at radius 1 is 1.42 bits per heavy atom. The lowest BCUT2D eigenvalue weighted by Gasteiger charge is -2.07. The highest BCUT2D eigenvalue weighted by atomic mass is 19.4. The van der Waals surface area contributed by atoms with Gasteiger partial charge < -0.3 is 14.8 Å². The molecular formula is C12H10F3NO3. The molecule has 1 atom stereocenters. The molecule has 0 amide bonds. The van der Waals surface area contributed by atoms with E-state index in [1.54, 1.807) is 0 Å². The van der Waals surface area contributed by atoms with Crippen molar-refractivity contribution >= 4 is 16.9 Å². The lowest BCUT2D eigenvalue weighted by molar-refractivity contribution is -0.150. The smallest absolute Gasteiger partial charge is 0.417 e. The van der Waals surface area contributed by atoms with Gasteiger partial charge in [0.05, 0.1) is 18.4 Å². The molecule has 19 heavy (non-hydrogen) atoms. The van der Waals surface area contributed by atoms with E-state index >= 15 is 0 Å². The highest BCUT2D eigenvalue weighted by Crippen LogP contribution is 2.35. The molecule has 1 unspecified atom stereocenters. The Kier molecular flexibility index (Phi) is 3.23. The van der Waals surface area contributed by atoms with Crippen LogP contribution in [-0.2, 0) is 15.7 Å². The SMILES string of the molecule is COC(=O)C(O)c1cc2c(C(F)(F)F)cccc2[nH]1. The third kappa shape index (κ3) is 2.41. The zero-order valence-corrected chi connectivity index (χ0v) is 9.78. The molecule has 1 heterocycles. The van der Waals surface area contributed by atoms with E-state index in [9.17, 15) is 23.1 Å². The lowest BCUT2D eigenvalue weighted by atomic mass is 10.1. The number of aliphatic hydroxyl groups is 1. The molecule has 4 nitrogen and oxygen atoms in total. The van der Waals surface area contributed by atoms with Gasteiger partial charge in [-0.15, -0.1) is 0 Å². The van der Waals surface area contributed by atoms with Crippen molar-refractivity contribution in [2.24, 2.45) is 0 Å². The number of methoxy groups -OCH3 is 1. The minimum absolute atomic E-state index is 0.0430. The van der Waals surface area contributed by atoms with Gasteiger partial charge in [0, 0.05) is 10.9 Å². The first-order chi connectivity index (χ1) is 8.84. The van der Waals surface area contributed by atoms with Crippen LogP contribution in [0.25, 0.3) is 10.9 Å². The average Bonchev–Trinajstić information content (AvgIpc) is 2.78. The van der Waals surface area contributed by atoms with E-state index in [1.807, 2.05) is 0 Å². The third-order valence-electron chi connectivity index (χ3n) is 2.71. The van der Waals surface area contributed by atoms with Crippen molar-refractivity contribution in [3.63, 3.8) is 0 Å². The van der Waals surface area contributed by atoms with E-state index in [1.165, 1.54) is 12.1 Å².